The van der Waals surface area contributed by atoms with Crippen LogP contribution in [0.15, 0.2) is 0 Å². The first-order valence-electron chi connectivity index (χ1n) is 7.94. The molecule has 1 saturated carbocycles. The average molecular weight is 254 g/mol. The minimum atomic E-state index is 0.528. The highest BCUT2D eigenvalue weighted by Crippen LogP contribution is 2.27. The van der Waals surface area contributed by atoms with Gasteiger partial charge in [-0.15, -0.1) is 0 Å². The Hall–Kier alpha value is -0.120. The zero-order chi connectivity index (χ0) is 12.8. The van der Waals surface area contributed by atoms with Crippen LogP contribution in [0.4, 0.5) is 0 Å². The summed E-state index contributed by atoms with van der Waals surface area (Å²) in [7, 11) is 0. The van der Waals surface area contributed by atoms with E-state index in [-0.39, 0.29) is 0 Å². The topological polar surface area (TPSA) is 24.5 Å². The average Bonchev–Trinajstić information content (AvgIpc) is 2.44. The molecule has 0 bridgehead atoms. The first-order chi connectivity index (χ1) is 8.85. The molecular formula is C15H30N2O. The molecule has 2 rings (SSSR count). The molecule has 3 nitrogen and oxygen atoms in total. The van der Waals surface area contributed by atoms with Gasteiger partial charge in [-0.1, -0.05) is 26.7 Å². The number of ether oxygens (including phenoxy) is 1. The molecule has 1 N–H and O–H groups in total. The van der Waals surface area contributed by atoms with E-state index in [4.69, 9.17) is 4.74 Å². The highest BCUT2D eigenvalue weighted by molar-refractivity contribution is 4.87. The molecule has 106 valence electrons. The molecule has 0 spiro atoms. The molecule has 1 aliphatic heterocycles. The Labute approximate surface area is 112 Å². The summed E-state index contributed by atoms with van der Waals surface area (Å²) in [6, 6.07) is 1.41. The van der Waals surface area contributed by atoms with Crippen LogP contribution in [0.1, 0.15) is 52.4 Å². The quantitative estimate of drug-likeness (QED) is 0.788. The number of nitrogens with one attached hydrogen (secondary N) is 1. The highest BCUT2D eigenvalue weighted by atomic mass is 16.5. The fraction of sp³-hybridized carbons (Fsp3) is 1.00. The summed E-state index contributed by atoms with van der Waals surface area (Å²) < 4.78 is 5.92. The third-order valence-electron chi connectivity index (χ3n) is 4.66. The zero-order valence-electron chi connectivity index (χ0n) is 12.2. The molecule has 2 unspecified atom stereocenters. The number of nitrogens with zero attached hydrogens (tertiary/aromatic N) is 1. The summed E-state index contributed by atoms with van der Waals surface area (Å²) in [5.74, 6) is 0. The first-order valence-corrected chi connectivity index (χ1v) is 7.94. The molecule has 0 radical (unpaired) electrons. The first kappa shape index (κ1) is 14.3. The van der Waals surface area contributed by atoms with Crippen molar-refractivity contribution in [1.29, 1.82) is 0 Å². The number of fused-ring (bicyclic) bond motifs is 1. The maximum absolute atomic E-state index is 5.92. The number of rotatable bonds is 6. The van der Waals surface area contributed by atoms with Gasteiger partial charge in [0.1, 0.15) is 0 Å². The second-order valence-corrected chi connectivity index (χ2v) is 5.76. The van der Waals surface area contributed by atoms with Gasteiger partial charge in [-0.3, -0.25) is 4.90 Å². The lowest BCUT2D eigenvalue weighted by atomic mass is 9.90. The summed E-state index contributed by atoms with van der Waals surface area (Å²) >= 11 is 0. The van der Waals surface area contributed by atoms with Gasteiger partial charge in [0.05, 0.1) is 12.7 Å². The molecule has 2 atom stereocenters. The number of hydrogen-bond acceptors (Lipinski definition) is 3. The van der Waals surface area contributed by atoms with E-state index in [1.807, 2.05) is 0 Å². The van der Waals surface area contributed by atoms with Crippen molar-refractivity contribution in [2.24, 2.45) is 0 Å². The van der Waals surface area contributed by atoms with Crippen LogP contribution in [-0.4, -0.2) is 49.3 Å². The largest absolute Gasteiger partial charge is 0.375 e. The molecule has 0 aromatic carbocycles. The fourth-order valence-corrected chi connectivity index (χ4v) is 3.44. The summed E-state index contributed by atoms with van der Waals surface area (Å²) in [6.07, 6.45) is 8.39. The van der Waals surface area contributed by atoms with Gasteiger partial charge in [0, 0.05) is 31.7 Å². The van der Waals surface area contributed by atoms with Gasteiger partial charge in [-0.05, 0) is 25.7 Å². The van der Waals surface area contributed by atoms with Gasteiger partial charge in [-0.2, -0.15) is 0 Å². The summed E-state index contributed by atoms with van der Waals surface area (Å²) in [5, 5.41) is 3.68. The Balaban J connectivity index is 1.73. The van der Waals surface area contributed by atoms with Crippen molar-refractivity contribution in [3.05, 3.63) is 0 Å². The van der Waals surface area contributed by atoms with Crippen molar-refractivity contribution in [2.75, 3.05) is 26.2 Å². The van der Waals surface area contributed by atoms with Crippen LogP contribution in [0, 0.1) is 0 Å². The maximum atomic E-state index is 5.92. The molecule has 2 fully saturated rings. The van der Waals surface area contributed by atoms with Gasteiger partial charge >= 0.3 is 0 Å². The van der Waals surface area contributed by atoms with Crippen LogP contribution in [0.3, 0.4) is 0 Å². The van der Waals surface area contributed by atoms with E-state index >= 15 is 0 Å². The van der Waals surface area contributed by atoms with Crippen molar-refractivity contribution in [2.45, 2.75) is 70.6 Å². The van der Waals surface area contributed by atoms with E-state index in [2.05, 4.69) is 24.1 Å². The Bertz CT molecular complexity index is 229. The van der Waals surface area contributed by atoms with Gasteiger partial charge in [-0.25, -0.2) is 0 Å². The van der Waals surface area contributed by atoms with Crippen LogP contribution in [0.25, 0.3) is 0 Å². The third-order valence-corrected chi connectivity index (χ3v) is 4.66. The second kappa shape index (κ2) is 7.46. The summed E-state index contributed by atoms with van der Waals surface area (Å²) in [4.78, 5) is 2.67. The van der Waals surface area contributed by atoms with Crippen LogP contribution < -0.4 is 5.32 Å². The SMILES string of the molecule is CCC(CC)NCCN1CCOC2CCCCC21. The van der Waals surface area contributed by atoms with Crippen LogP contribution in [0.2, 0.25) is 0 Å². The number of hydrogen-bond donors (Lipinski definition) is 1. The standard InChI is InChI=1S/C15H30N2O/c1-3-13(4-2)16-9-10-17-11-12-18-15-8-6-5-7-14(15)17/h13-16H,3-12H2,1-2H3. The molecule has 1 heterocycles. The summed E-state index contributed by atoms with van der Waals surface area (Å²) in [6.45, 7) is 8.94. The summed E-state index contributed by atoms with van der Waals surface area (Å²) in [5.41, 5.74) is 0. The van der Waals surface area contributed by atoms with E-state index in [0.717, 1.165) is 19.7 Å². The van der Waals surface area contributed by atoms with Crippen molar-refractivity contribution >= 4 is 0 Å². The predicted molar refractivity (Wildman–Crippen MR) is 75.9 cm³/mol. The molecule has 1 aliphatic carbocycles. The van der Waals surface area contributed by atoms with E-state index in [1.165, 1.54) is 45.1 Å². The van der Waals surface area contributed by atoms with Crippen LogP contribution in [-0.2, 0) is 4.74 Å². The maximum Gasteiger partial charge on any atom is 0.0730 e. The third kappa shape index (κ3) is 3.69. The smallest absolute Gasteiger partial charge is 0.0730 e. The molecule has 0 aromatic rings. The molecule has 0 aromatic heterocycles. The second-order valence-electron chi connectivity index (χ2n) is 5.76. The predicted octanol–water partition coefficient (Wildman–Crippen LogP) is 2.41. The van der Waals surface area contributed by atoms with E-state index in [0.29, 0.717) is 18.2 Å². The number of morpholine rings is 1. The molecule has 3 heteroatoms. The normalized spacial score (nSPS) is 29.5. The van der Waals surface area contributed by atoms with E-state index in [1.54, 1.807) is 0 Å². The van der Waals surface area contributed by atoms with Gasteiger partial charge in [0.15, 0.2) is 0 Å². The lowest BCUT2D eigenvalue weighted by Crippen LogP contribution is -2.54. The van der Waals surface area contributed by atoms with Crippen molar-refractivity contribution in [1.82, 2.24) is 10.2 Å². The molecular weight excluding hydrogens is 224 g/mol. The van der Waals surface area contributed by atoms with E-state index < -0.39 is 0 Å². The molecule has 0 amide bonds. The van der Waals surface area contributed by atoms with Crippen LogP contribution in [0.5, 0.6) is 0 Å². The lowest BCUT2D eigenvalue weighted by molar-refractivity contribution is -0.0875. The van der Waals surface area contributed by atoms with Crippen molar-refractivity contribution < 1.29 is 4.74 Å². The van der Waals surface area contributed by atoms with Crippen molar-refractivity contribution in [3.8, 4) is 0 Å². The molecule has 2 aliphatic rings. The zero-order valence-corrected chi connectivity index (χ0v) is 12.2. The minimum Gasteiger partial charge on any atom is -0.375 e. The lowest BCUT2D eigenvalue weighted by Gasteiger charge is -2.44. The monoisotopic (exact) mass is 254 g/mol. The minimum absolute atomic E-state index is 0.528. The van der Waals surface area contributed by atoms with Gasteiger partial charge in [0.2, 0.25) is 0 Å². The Kier molecular flexibility index (Phi) is 5.93. The van der Waals surface area contributed by atoms with Crippen LogP contribution >= 0.6 is 0 Å². The van der Waals surface area contributed by atoms with E-state index in [9.17, 15) is 0 Å². The Morgan fingerprint density at radius 2 is 2.00 bits per heavy atom. The Morgan fingerprint density at radius 1 is 1.22 bits per heavy atom. The van der Waals surface area contributed by atoms with Gasteiger partial charge in [0.25, 0.3) is 0 Å². The van der Waals surface area contributed by atoms with Crippen molar-refractivity contribution in [3.63, 3.8) is 0 Å². The molecule has 1 saturated heterocycles. The fourth-order valence-electron chi connectivity index (χ4n) is 3.44. The Morgan fingerprint density at radius 3 is 2.78 bits per heavy atom. The molecule has 18 heavy (non-hydrogen) atoms. The highest BCUT2D eigenvalue weighted by Gasteiger charge is 2.33. The van der Waals surface area contributed by atoms with Gasteiger partial charge < -0.3 is 10.1 Å².